The maximum absolute atomic E-state index is 13.0. The smallest absolute Gasteiger partial charge is 0.123 e. The molecule has 2 aromatic carbocycles. The van der Waals surface area contributed by atoms with Crippen LogP contribution >= 0.6 is 15.9 Å². The van der Waals surface area contributed by atoms with Gasteiger partial charge in [-0.15, -0.1) is 0 Å². The van der Waals surface area contributed by atoms with Gasteiger partial charge in [0.2, 0.25) is 0 Å². The van der Waals surface area contributed by atoms with E-state index in [4.69, 9.17) is 5.73 Å². The Morgan fingerprint density at radius 2 is 1.71 bits per heavy atom. The zero-order valence-electron chi connectivity index (χ0n) is 12.1. The molecule has 4 heteroatoms. The van der Waals surface area contributed by atoms with E-state index in [9.17, 15) is 4.39 Å². The van der Waals surface area contributed by atoms with Crippen LogP contribution in [0.15, 0.2) is 53.0 Å². The van der Waals surface area contributed by atoms with Crippen molar-refractivity contribution < 1.29 is 4.39 Å². The van der Waals surface area contributed by atoms with Gasteiger partial charge in [-0.05, 0) is 55.3 Å². The van der Waals surface area contributed by atoms with E-state index in [0.29, 0.717) is 0 Å². The summed E-state index contributed by atoms with van der Waals surface area (Å²) in [4.78, 5) is 2.21. The van der Waals surface area contributed by atoms with Crippen molar-refractivity contribution in [3.63, 3.8) is 0 Å². The lowest BCUT2D eigenvalue weighted by Crippen LogP contribution is -2.27. The van der Waals surface area contributed by atoms with Crippen LogP contribution in [-0.4, -0.2) is 13.1 Å². The minimum absolute atomic E-state index is 0.00704. The van der Waals surface area contributed by atoms with Crippen LogP contribution in [0.4, 0.5) is 10.1 Å². The van der Waals surface area contributed by atoms with E-state index < -0.39 is 0 Å². The van der Waals surface area contributed by atoms with Crippen molar-refractivity contribution in [1.29, 1.82) is 0 Å². The first-order valence-corrected chi connectivity index (χ1v) is 7.91. The summed E-state index contributed by atoms with van der Waals surface area (Å²) in [6, 6.07) is 14.7. The summed E-state index contributed by atoms with van der Waals surface area (Å²) in [5.74, 6) is -0.207. The monoisotopic (exact) mass is 350 g/mol. The van der Waals surface area contributed by atoms with Crippen LogP contribution in [0, 0.1) is 5.82 Å². The van der Waals surface area contributed by atoms with E-state index in [0.717, 1.165) is 35.2 Å². The van der Waals surface area contributed by atoms with Gasteiger partial charge in [0.05, 0.1) is 0 Å². The average molecular weight is 351 g/mol. The quantitative estimate of drug-likeness (QED) is 0.830. The Morgan fingerprint density at radius 1 is 1.10 bits per heavy atom. The molecule has 1 atom stereocenters. The molecule has 0 aliphatic carbocycles. The van der Waals surface area contributed by atoms with E-state index >= 15 is 0 Å². The van der Waals surface area contributed by atoms with Crippen LogP contribution in [0.5, 0.6) is 0 Å². The highest BCUT2D eigenvalue weighted by Gasteiger charge is 2.10. The molecule has 2 nitrogen and oxygen atoms in total. The summed E-state index contributed by atoms with van der Waals surface area (Å²) in [6.45, 7) is 3.81. The minimum Gasteiger partial charge on any atom is -0.372 e. The predicted molar refractivity (Wildman–Crippen MR) is 90.0 cm³/mol. The Morgan fingerprint density at radius 3 is 2.29 bits per heavy atom. The molecule has 1 unspecified atom stereocenters. The third kappa shape index (κ3) is 4.55. The normalized spacial score (nSPS) is 12.2. The Kier molecular flexibility index (Phi) is 5.76. The Labute approximate surface area is 133 Å². The molecule has 0 fully saturated rings. The van der Waals surface area contributed by atoms with Crippen LogP contribution in [0.3, 0.4) is 0 Å². The molecule has 2 N–H and O–H groups in total. The maximum atomic E-state index is 13.0. The summed E-state index contributed by atoms with van der Waals surface area (Å²) in [6.07, 6.45) is 0.854. The summed E-state index contributed by atoms with van der Waals surface area (Å²) in [5.41, 5.74) is 8.41. The van der Waals surface area contributed by atoms with Gasteiger partial charge in [-0.25, -0.2) is 4.39 Å². The molecular weight excluding hydrogens is 331 g/mol. The number of hydrogen-bond acceptors (Lipinski definition) is 2. The van der Waals surface area contributed by atoms with Gasteiger partial charge in [0.25, 0.3) is 0 Å². The number of hydrogen-bond donors (Lipinski definition) is 1. The highest BCUT2D eigenvalue weighted by atomic mass is 79.9. The SMILES string of the molecule is CCN(CCC(N)c1ccc(Br)cc1)c1ccc(F)cc1. The zero-order chi connectivity index (χ0) is 15.2. The van der Waals surface area contributed by atoms with E-state index in [2.05, 4.69) is 27.8 Å². The van der Waals surface area contributed by atoms with Crippen molar-refractivity contribution in [2.24, 2.45) is 5.73 Å². The van der Waals surface area contributed by atoms with Gasteiger partial charge in [0.1, 0.15) is 5.82 Å². The molecule has 2 rings (SSSR count). The van der Waals surface area contributed by atoms with Crippen LogP contribution in [0.25, 0.3) is 0 Å². The van der Waals surface area contributed by atoms with E-state index in [1.54, 1.807) is 0 Å². The number of halogens is 2. The largest absolute Gasteiger partial charge is 0.372 e. The molecule has 0 aromatic heterocycles. The molecule has 0 saturated carbocycles. The highest BCUT2D eigenvalue weighted by molar-refractivity contribution is 9.10. The molecule has 0 heterocycles. The highest BCUT2D eigenvalue weighted by Crippen LogP contribution is 2.20. The summed E-state index contributed by atoms with van der Waals surface area (Å²) in [7, 11) is 0. The molecule has 0 aliphatic heterocycles. The van der Waals surface area contributed by atoms with Gasteiger partial charge in [-0.3, -0.25) is 0 Å². The molecule has 0 bridgehead atoms. The molecular formula is C17H20BrFN2. The second kappa shape index (κ2) is 7.57. The fourth-order valence-corrected chi connectivity index (χ4v) is 2.56. The van der Waals surface area contributed by atoms with Crippen molar-refractivity contribution in [2.45, 2.75) is 19.4 Å². The molecule has 0 radical (unpaired) electrons. The van der Waals surface area contributed by atoms with Crippen LogP contribution in [-0.2, 0) is 0 Å². The van der Waals surface area contributed by atoms with Gasteiger partial charge < -0.3 is 10.6 Å². The standard InChI is InChI=1S/C17H20BrFN2/c1-2-21(16-9-7-15(19)8-10-16)12-11-17(20)13-3-5-14(18)6-4-13/h3-10,17H,2,11-12,20H2,1H3. The first kappa shape index (κ1) is 16.0. The number of anilines is 1. The summed E-state index contributed by atoms with van der Waals surface area (Å²) >= 11 is 3.42. The molecule has 0 amide bonds. The van der Waals surface area contributed by atoms with Gasteiger partial charge in [0, 0.05) is 29.3 Å². The van der Waals surface area contributed by atoms with Gasteiger partial charge in [-0.1, -0.05) is 28.1 Å². The number of nitrogens with zero attached hydrogens (tertiary/aromatic N) is 1. The second-order valence-corrected chi connectivity index (χ2v) is 5.92. The van der Waals surface area contributed by atoms with Gasteiger partial charge >= 0.3 is 0 Å². The van der Waals surface area contributed by atoms with Crippen molar-refractivity contribution in [2.75, 3.05) is 18.0 Å². The summed E-state index contributed by atoms with van der Waals surface area (Å²) in [5, 5.41) is 0. The molecule has 21 heavy (non-hydrogen) atoms. The van der Waals surface area contributed by atoms with Crippen LogP contribution < -0.4 is 10.6 Å². The lowest BCUT2D eigenvalue weighted by Gasteiger charge is -2.25. The minimum atomic E-state index is -0.207. The van der Waals surface area contributed by atoms with E-state index in [1.807, 2.05) is 36.4 Å². The first-order chi connectivity index (χ1) is 10.1. The predicted octanol–water partition coefficient (Wildman–Crippen LogP) is 4.50. The number of rotatable bonds is 6. The maximum Gasteiger partial charge on any atom is 0.123 e. The van der Waals surface area contributed by atoms with Crippen molar-refractivity contribution in [1.82, 2.24) is 0 Å². The van der Waals surface area contributed by atoms with Gasteiger partial charge in [-0.2, -0.15) is 0 Å². The molecule has 112 valence electrons. The molecule has 0 aliphatic rings. The van der Waals surface area contributed by atoms with E-state index in [-0.39, 0.29) is 11.9 Å². The van der Waals surface area contributed by atoms with E-state index in [1.165, 1.54) is 12.1 Å². The van der Waals surface area contributed by atoms with Crippen LogP contribution in [0.1, 0.15) is 24.9 Å². The lowest BCUT2D eigenvalue weighted by molar-refractivity contribution is 0.622. The fraction of sp³-hybridized carbons (Fsp3) is 0.294. The van der Waals surface area contributed by atoms with Crippen molar-refractivity contribution in [3.05, 3.63) is 64.4 Å². The Bertz CT molecular complexity index is 554. The lowest BCUT2D eigenvalue weighted by atomic mass is 10.0. The molecule has 2 aromatic rings. The first-order valence-electron chi connectivity index (χ1n) is 7.11. The van der Waals surface area contributed by atoms with Crippen molar-refractivity contribution >= 4 is 21.6 Å². The Balaban J connectivity index is 1.96. The molecule has 0 saturated heterocycles. The topological polar surface area (TPSA) is 29.3 Å². The third-order valence-electron chi connectivity index (χ3n) is 3.58. The number of benzene rings is 2. The molecule has 0 spiro atoms. The zero-order valence-corrected chi connectivity index (χ0v) is 13.7. The summed E-state index contributed by atoms with van der Waals surface area (Å²) < 4.78 is 14.0. The van der Waals surface area contributed by atoms with Crippen molar-refractivity contribution in [3.8, 4) is 0 Å². The fourth-order valence-electron chi connectivity index (χ4n) is 2.29. The van der Waals surface area contributed by atoms with Gasteiger partial charge in [0.15, 0.2) is 0 Å². The second-order valence-electron chi connectivity index (χ2n) is 5.00. The Hall–Kier alpha value is -1.39. The third-order valence-corrected chi connectivity index (χ3v) is 4.11. The van der Waals surface area contributed by atoms with Crippen LogP contribution in [0.2, 0.25) is 0 Å². The number of nitrogens with two attached hydrogens (primary N) is 1. The average Bonchev–Trinajstić information content (AvgIpc) is 2.50.